The summed E-state index contributed by atoms with van der Waals surface area (Å²) in [7, 11) is 0. The van der Waals surface area contributed by atoms with Gasteiger partial charge in [0.1, 0.15) is 0 Å². The number of carbonyl (C=O) groups excluding carboxylic acids is 2. The third-order valence-corrected chi connectivity index (χ3v) is 3.90. The molecule has 96 valence electrons. The second-order valence-corrected chi connectivity index (χ2v) is 5.79. The number of urea groups is 1. The molecule has 1 N–H and O–H groups in total. The summed E-state index contributed by atoms with van der Waals surface area (Å²) in [4.78, 5) is 25.6. The van der Waals surface area contributed by atoms with Gasteiger partial charge in [-0.25, -0.2) is 4.79 Å². The second kappa shape index (κ2) is 5.63. The van der Waals surface area contributed by atoms with E-state index in [0.717, 1.165) is 4.90 Å². The van der Waals surface area contributed by atoms with Gasteiger partial charge in [0, 0.05) is 23.0 Å². The molecule has 1 fully saturated rings. The summed E-state index contributed by atoms with van der Waals surface area (Å²) in [5, 5.41) is 2.94. The zero-order valence-electron chi connectivity index (χ0n) is 9.85. The minimum atomic E-state index is -0.313. The molecule has 1 saturated heterocycles. The first-order chi connectivity index (χ1) is 8.58. The van der Waals surface area contributed by atoms with Crippen molar-refractivity contribution in [3.8, 4) is 0 Å². The standard InChI is InChI=1S/C12H13ClN2O2S/c1-8(11(16)15-6-5-14-12(15)17)18-10-4-2-3-9(13)7-10/h2-4,7-8H,5-6H2,1H3,(H,14,17). The summed E-state index contributed by atoms with van der Waals surface area (Å²) in [5.41, 5.74) is 0. The van der Waals surface area contributed by atoms with Gasteiger partial charge in [0.05, 0.1) is 5.25 Å². The Labute approximate surface area is 115 Å². The molecule has 0 bridgehead atoms. The van der Waals surface area contributed by atoms with Gasteiger partial charge in [0.2, 0.25) is 5.91 Å². The van der Waals surface area contributed by atoms with Gasteiger partial charge < -0.3 is 5.32 Å². The van der Waals surface area contributed by atoms with Gasteiger partial charge in [-0.15, -0.1) is 11.8 Å². The lowest BCUT2D eigenvalue weighted by Crippen LogP contribution is -2.38. The van der Waals surface area contributed by atoms with Crippen LogP contribution < -0.4 is 5.32 Å². The minimum absolute atomic E-state index is 0.171. The highest BCUT2D eigenvalue weighted by Gasteiger charge is 2.29. The molecular formula is C12H13ClN2O2S. The zero-order valence-corrected chi connectivity index (χ0v) is 11.4. The number of benzene rings is 1. The molecular weight excluding hydrogens is 272 g/mol. The van der Waals surface area contributed by atoms with E-state index < -0.39 is 0 Å². The molecule has 0 aromatic heterocycles. The fraction of sp³-hybridized carbons (Fsp3) is 0.333. The predicted octanol–water partition coefficient (Wildman–Crippen LogP) is 2.37. The summed E-state index contributed by atoms with van der Waals surface area (Å²) in [6, 6.07) is 7.01. The van der Waals surface area contributed by atoms with E-state index in [1.165, 1.54) is 16.7 Å². The molecule has 6 heteroatoms. The lowest BCUT2D eigenvalue weighted by Gasteiger charge is -2.17. The maximum atomic E-state index is 12.1. The summed E-state index contributed by atoms with van der Waals surface area (Å²) in [5.74, 6) is -0.171. The van der Waals surface area contributed by atoms with E-state index in [9.17, 15) is 9.59 Å². The van der Waals surface area contributed by atoms with Crippen LogP contribution in [0, 0.1) is 0 Å². The molecule has 1 aromatic rings. The summed E-state index contributed by atoms with van der Waals surface area (Å²) in [6.45, 7) is 2.76. The Balaban J connectivity index is 2.01. The maximum Gasteiger partial charge on any atom is 0.324 e. The molecule has 18 heavy (non-hydrogen) atoms. The second-order valence-electron chi connectivity index (χ2n) is 3.94. The normalized spacial score (nSPS) is 16.6. The molecule has 0 aliphatic carbocycles. The number of nitrogens with zero attached hydrogens (tertiary/aromatic N) is 1. The van der Waals surface area contributed by atoms with E-state index in [0.29, 0.717) is 18.1 Å². The van der Waals surface area contributed by atoms with Crippen LogP contribution in [0.4, 0.5) is 4.79 Å². The molecule has 1 unspecified atom stereocenters. The van der Waals surface area contributed by atoms with Gasteiger partial charge in [-0.2, -0.15) is 0 Å². The van der Waals surface area contributed by atoms with Crippen LogP contribution in [0.5, 0.6) is 0 Å². The Hall–Kier alpha value is -1.20. The molecule has 1 aromatic carbocycles. The van der Waals surface area contributed by atoms with Gasteiger partial charge in [-0.05, 0) is 25.1 Å². The van der Waals surface area contributed by atoms with E-state index >= 15 is 0 Å². The third kappa shape index (κ3) is 2.97. The highest BCUT2D eigenvalue weighted by atomic mass is 35.5. The highest BCUT2D eigenvalue weighted by molar-refractivity contribution is 8.00. The number of imide groups is 1. The van der Waals surface area contributed by atoms with Gasteiger partial charge in [0.25, 0.3) is 0 Å². The fourth-order valence-corrected chi connectivity index (χ4v) is 2.94. The highest BCUT2D eigenvalue weighted by Crippen LogP contribution is 2.26. The summed E-state index contributed by atoms with van der Waals surface area (Å²) in [6.07, 6.45) is 0. The van der Waals surface area contributed by atoms with E-state index in [2.05, 4.69) is 5.32 Å². The van der Waals surface area contributed by atoms with Crippen molar-refractivity contribution in [3.63, 3.8) is 0 Å². The molecule has 0 spiro atoms. The van der Waals surface area contributed by atoms with Crippen LogP contribution in [0.2, 0.25) is 5.02 Å². The number of hydrogen-bond donors (Lipinski definition) is 1. The SMILES string of the molecule is CC(Sc1cccc(Cl)c1)C(=O)N1CCNC1=O. The fourth-order valence-electron chi connectivity index (χ4n) is 1.70. The monoisotopic (exact) mass is 284 g/mol. The van der Waals surface area contributed by atoms with Crippen LogP contribution in [-0.2, 0) is 4.79 Å². The molecule has 4 nitrogen and oxygen atoms in total. The van der Waals surface area contributed by atoms with E-state index in [4.69, 9.17) is 11.6 Å². The van der Waals surface area contributed by atoms with Crippen LogP contribution >= 0.6 is 23.4 Å². The van der Waals surface area contributed by atoms with Crippen molar-refractivity contribution in [3.05, 3.63) is 29.3 Å². The smallest absolute Gasteiger partial charge is 0.324 e. The Kier molecular flexibility index (Phi) is 4.14. The summed E-state index contributed by atoms with van der Waals surface area (Å²) < 4.78 is 0. The number of nitrogens with one attached hydrogen (secondary N) is 1. The number of halogens is 1. The van der Waals surface area contributed by atoms with Gasteiger partial charge in [0.15, 0.2) is 0 Å². The van der Waals surface area contributed by atoms with Crippen molar-refractivity contribution in [2.45, 2.75) is 17.1 Å². The number of hydrogen-bond acceptors (Lipinski definition) is 3. The van der Waals surface area contributed by atoms with Gasteiger partial charge >= 0.3 is 6.03 Å². The van der Waals surface area contributed by atoms with Crippen molar-refractivity contribution in [2.75, 3.05) is 13.1 Å². The molecule has 1 aliphatic heterocycles. The number of rotatable bonds is 3. The van der Waals surface area contributed by atoms with Gasteiger partial charge in [-0.3, -0.25) is 9.69 Å². The lowest BCUT2D eigenvalue weighted by atomic mass is 10.4. The van der Waals surface area contributed by atoms with Crippen molar-refractivity contribution in [1.29, 1.82) is 0 Å². The topological polar surface area (TPSA) is 49.4 Å². The molecule has 1 atom stereocenters. The average molecular weight is 285 g/mol. The molecule has 1 heterocycles. The Bertz CT molecular complexity index is 481. The third-order valence-electron chi connectivity index (χ3n) is 2.58. The van der Waals surface area contributed by atoms with Crippen molar-refractivity contribution in [2.24, 2.45) is 0 Å². The molecule has 2 rings (SSSR count). The van der Waals surface area contributed by atoms with Gasteiger partial charge in [-0.1, -0.05) is 17.7 Å². The maximum absolute atomic E-state index is 12.1. The van der Waals surface area contributed by atoms with Crippen LogP contribution in [0.25, 0.3) is 0 Å². The molecule has 3 amide bonds. The van der Waals surface area contributed by atoms with E-state index in [1.54, 1.807) is 19.1 Å². The van der Waals surface area contributed by atoms with E-state index in [-0.39, 0.29) is 17.2 Å². The van der Waals surface area contributed by atoms with E-state index in [1.807, 2.05) is 12.1 Å². The number of amides is 3. The summed E-state index contributed by atoms with van der Waals surface area (Å²) >= 11 is 7.28. The number of thioether (sulfide) groups is 1. The molecule has 0 radical (unpaired) electrons. The minimum Gasteiger partial charge on any atom is -0.336 e. The molecule has 0 saturated carbocycles. The first-order valence-electron chi connectivity index (χ1n) is 5.59. The molecule has 1 aliphatic rings. The predicted molar refractivity (Wildman–Crippen MR) is 71.9 cm³/mol. The van der Waals surface area contributed by atoms with Crippen LogP contribution in [0.3, 0.4) is 0 Å². The van der Waals surface area contributed by atoms with Crippen LogP contribution in [0.1, 0.15) is 6.92 Å². The Morgan fingerprint density at radius 3 is 2.94 bits per heavy atom. The largest absolute Gasteiger partial charge is 0.336 e. The first-order valence-corrected chi connectivity index (χ1v) is 6.85. The quantitative estimate of drug-likeness (QED) is 0.867. The van der Waals surface area contributed by atoms with Crippen molar-refractivity contribution >= 4 is 35.3 Å². The van der Waals surface area contributed by atoms with Crippen LogP contribution in [0.15, 0.2) is 29.2 Å². The Morgan fingerprint density at radius 1 is 1.56 bits per heavy atom. The average Bonchev–Trinajstić information content (AvgIpc) is 2.74. The lowest BCUT2D eigenvalue weighted by molar-refractivity contribution is -0.126. The van der Waals surface area contributed by atoms with Crippen molar-refractivity contribution in [1.82, 2.24) is 10.2 Å². The Morgan fingerprint density at radius 2 is 2.33 bits per heavy atom. The number of carbonyl (C=O) groups is 2. The van der Waals surface area contributed by atoms with Crippen molar-refractivity contribution < 1.29 is 9.59 Å². The zero-order chi connectivity index (χ0) is 13.1. The first kappa shape index (κ1) is 13.2. The van der Waals surface area contributed by atoms with Crippen LogP contribution in [-0.4, -0.2) is 35.2 Å².